The number of rotatable bonds is 5. The van der Waals surface area contributed by atoms with Crippen molar-refractivity contribution < 1.29 is 4.79 Å². The van der Waals surface area contributed by atoms with Gasteiger partial charge in [0.2, 0.25) is 0 Å². The van der Waals surface area contributed by atoms with Crippen molar-refractivity contribution in [2.45, 2.75) is 13.0 Å². The van der Waals surface area contributed by atoms with Crippen molar-refractivity contribution >= 4 is 33.1 Å². The normalized spacial score (nSPS) is 10.9. The van der Waals surface area contributed by atoms with Crippen LogP contribution < -0.4 is 11.1 Å². The molecular weight excluding hydrogens is 288 g/mol. The van der Waals surface area contributed by atoms with Gasteiger partial charge in [0.05, 0.1) is 18.2 Å². The van der Waals surface area contributed by atoms with Gasteiger partial charge in [0.15, 0.2) is 0 Å². The van der Waals surface area contributed by atoms with Crippen LogP contribution in [0.15, 0.2) is 31.0 Å². The molecule has 0 unspecified atom stereocenters. The Balaban J connectivity index is 1.60. The molecule has 0 aromatic carbocycles. The highest BCUT2D eigenvalue weighted by Gasteiger charge is 2.16. The van der Waals surface area contributed by atoms with Crippen molar-refractivity contribution in [3.63, 3.8) is 0 Å². The molecule has 3 aromatic heterocycles. The smallest absolute Gasteiger partial charge is 0.263 e. The van der Waals surface area contributed by atoms with Crippen LogP contribution in [0.3, 0.4) is 0 Å². The highest BCUT2D eigenvalue weighted by atomic mass is 32.1. The van der Waals surface area contributed by atoms with E-state index in [1.165, 1.54) is 11.3 Å². The van der Waals surface area contributed by atoms with E-state index in [2.05, 4.69) is 20.5 Å². The number of carbonyl (C=O) groups excluding carboxylic acids is 1. The van der Waals surface area contributed by atoms with Gasteiger partial charge in [-0.15, -0.1) is 16.4 Å². The van der Waals surface area contributed by atoms with E-state index >= 15 is 0 Å². The maximum atomic E-state index is 12.1. The zero-order valence-corrected chi connectivity index (χ0v) is 12.0. The maximum absolute atomic E-state index is 12.1. The zero-order chi connectivity index (χ0) is 14.7. The lowest BCUT2D eigenvalue weighted by Gasteiger charge is -2.05. The van der Waals surface area contributed by atoms with E-state index in [4.69, 9.17) is 5.73 Å². The molecule has 3 rings (SSSR count). The molecule has 0 atom stereocenters. The average Bonchev–Trinajstić information content (AvgIpc) is 3.12. The third-order valence-electron chi connectivity index (χ3n) is 3.06. The van der Waals surface area contributed by atoms with Gasteiger partial charge >= 0.3 is 0 Å². The summed E-state index contributed by atoms with van der Waals surface area (Å²) in [4.78, 5) is 17.3. The Morgan fingerprint density at radius 2 is 2.33 bits per heavy atom. The summed E-state index contributed by atoms with van der Waals surface area (Å²) in [5, 5.41) is 11.4. The molecule has 21 heavy (non-hydrogen) atoms. The maximum Gasteiger partial charge on any atom is 0.263 e. The van der Waals surface area contributed by atoms with Crippen LogP contribution in [-0.2, 0) is 6.54 Å². The number of hydrogen-bond donors (Lipinski definition) is 2. The number of thiophene rings is 1. The Hall–Kier alpha value is -2.48. The van der Waals surface area contributed by atoms with Gasteiger partial charge in [0.25, 0.3) is 5.91 Å². The summed E-state index contributed by atoms with van der Waals surface area (Å²) in [7, 11) is 0. The molecule has 0 bridgehead atoms. The first-order valence-electron chi connectivity index (χ1n) is 6.49. The molecule has 3 heterocycles. The van der Waals surface area contributed by atoms with Gasteiger partial charge < -0.3 is 15.6 Å². The Kier molecular flexibility index (Phi) is 3.78. The molecule has 0 radical (unpaired) electrons. The number of nitrogen functional groups attached to an aromatic ring is 1. The molecule has 3 N–H and O–H groups in total. The fraction of sp³-hybridized carbons (Fsp3) is 0.231. The number of fused-ring (bicyclic) bond motifs is 1. The van der Waals surface area contributed by atoms with E-state index in [9.17, 15) is 4.79 Å². The minimum absolute atomic E-state index is 0.166. The van der Waals surface area contributed by atoms with E-state index in [1.54, 1.807) is 24.8 Å². The van der Waals surface area contributed by atoms with Crippen LogP contribution in [-0.4, -0.2) is 32.2 Å². The molecule has 0 saturated heterocycles. The van der Waals surface area contributed by atoms with Crippen molar-refractivity contribution in [3.05, 3.63) is 35.9 Å². The molecule has 0 fully saturated rings. The number of aromatic nitrogens is 4. The summed E-state index contributed by atoms with van der Waals surface area (Å²) in [5.41, 5.74) is 6.46. The van der Waals surface area contributed by atoms with E-state index in [0.717, 1.165) is 18.4 Å². The standard InChI is InChI=1S/C13H14N6OS/c14-10-9-2-4-17-18-13(9)21-11(10)12(20)16-3-1-6-19-7-5-15-8-19/h2,4-5,7-8H,1,3,6,14H2,(H,16,20). The minimum Gasteiger partial charge on any atom is -0.397 e. The molecule has 0 aliphatic rings. The third kappa shape index (κ3) is 2.84. The number of hydrogen-bond acceptors (Lipinski definition) is 6. The van der Waals surface area contributed by atoms with Crippen LogP contribution in [0, 0.1) is 0 Å². The van der Waals surface area contributed by atoms with Gasteiger partial charge in [0, 0.05) is 30.9 Å². The summed E-state index contributed by atoms with van der Waals surface area (Å²) in [6.07, 6.45) is 7.78. The number of anilines is 1. The molecule has 7 nitrogen and oxygen atoms in total. The van der Waals surface area contributed by atoms with Crippen LogP contribution in [0.25, 0.3) is 10.2 Å². The third-order valence-corrected chi connectivity index (χ3v) is 4.17. The van der Waals surface area contributed by atoms with Gasteiger partial charge in [-0.3, -0.25) is 4.79 Å². The van der Waals surface area contributed by atoms with E-state index < -0.39 is 0 Å². The Morgan fingerprint density at radius 1 is 1.43 bits per heavy atom. The number of nitrogens with zero attached hydrogens (tertiary/aromatic N) is 4. The Bertz CT molecular complexity index is 751. The molecule has 0 spiro atoms. The van der Waals surface area contributed by atoms with E-state index in [-0.39, 0.29) is 5.91 Å². The molecule has 3 aromatic rings. The number of imidazole rings is 1. The fourth-order valence-corrected chi connectivity index (χ4v) is 2.96. The van der Waals surface area contributed by atoms with Crippen molar-refractivity contribution in [2.24, 2.45) is 0 Å². The highest BCUT2D eigenvalue weighted by molar-refractivity contribution is 7.21. The predicted molar refractivity (Wildman–Crippen MR) is 81.0 cm³/mol. The minimum atomic E-state index is -0.166. The van der Waals surface area contributed by atoms with E-state index in [0.29, 0.717) is 21.9 Å². The SMILES string of the molecule is Nc1c(C(=O)NCCCn2ccnc2)sc2nnccc12. The number of carbonyl (C=O) groups is 1. The lowest BCUT2D eigenvalue weighted by Crippen LogP contribution is -2.25. The monoisotopic (exact) mass is 302 g/mol. The fourth-order valence-electron chi connectivity index (χ4n) is 2.00. The number of nitrogens with two attached hydrogens (primary N) is 1. The van der Waals surface area contributed by atoms with Crippen LogP contribution >= 0.6 is 11.3 Å². The second-order valence-electron chi connectivity index (χ2n) is 4.50. The Morgan fingerprint density at radius 3 is 3.10 bits per heavy atom. The lowest BCUT2D eigenvalue weighted by atomic mass is 10.3. The topological polar surface area (TPSA) is 98.7 Å². The van der Waals surface area contributed by atoms with Gasteiger partial charge in [0.1, 0.15) is 9.71 Å². The van der Waals surface area contributed by atoms with Crippen LogP contribution in [0.2, 0.25) is 0 Å². The number of aryl methyl sites for hydroxylation is 1. The number of nitrogens with one attached hydrogen (secondary N) is 1. The van der Waals surface area contributed by atoms with Crippen molar-refractivity contribution in [1.82, 2.24) is 25.1 Å². The molecule has 8 heteroatoms. The molecule has 0 saturated carbocycles. The van der Waals surface area contributed by atoms with Gasteiger partial charge in [-0.1, -0.05) is 0 Å². The van der Waals surface area contributed by atoms with Gasteiger partial charge in [-0.25, -0.2) is 4.98 Å². The molecule has 108 valence electrons. The summed E-state index contributed by atoms with van der Waals surface area (Å²) in [6, 6.07) is 1.77. The van der Waals surface area contributed by atoms with Crippen LogP contribution in [0.1, 0.15) is 16.1 Å². The van der Waals surface area contributed by atoms with Crippen molar-refractivity contribution in [3.8, 4) is 0 Å². The first-order valence-corrected chi connectivity index (χ1v) is 7.31. The summed E-state index contributed by atoms with van der Waals surface area (Å²) in [6.45, 7) is 1.39. The zero-order valence-electron chi connectivity index (χ0n) is 11.2. The molecule has 0 aliphatic heterocycles. The largest absolute Gasteiger partial charge is 0.397 e. The van der Waals surface area contributed by atoms with Crippen LogP contribution in [0.4, 0.5) is 5.69 Å². The molecular formula is C13H14N6OS. The number of amides is 1. The Labute approximate surface area is 124 Å². The second kappa shape index (κ2) is 5.88. The molecule has 0 aliphatic carbocycles. The average molecular weight is 302 g/mol. The lowest BCUT2D eigenvalue weighted by molar-refractivity contribution is 0.0957. The highest BCUT2D eigenvalue weighted by Crippen LogP contribution is 2.31. The predicted octanol–water partition coefficient (Wildman–Crippen LogP) is 1.29. The summed E-state index contributed by atoms with van der Waals surface area (Å²) < 4.78 is 1.97. The summed E-state index contributed by atoms with van der Waals surface area (Å²) >= 11 is 1.26. The first-order chi connectivity index (χ1) is 10.3. The van der Waals surface area contributed by atoms with Crippen molar-refractivity contribution in [2.75, 3.05) is 12.3 Å². The van der Waals surface area contributed by atoms with E-state index in [1.807, 2.05) is 10.8 Å². The quantitative estimate of drug-likeness (QED) is 0.692. The summed E-state index contributed by atoms with van der Waals surface area (Å²) in [5.74, 6) is -0.166. The van der Waals surface area contributed by atoms with Crippen molar-refractivity contribution in [1.29, 1.82) is 0 Å². The van der Waals surface area contributed by atoms with Crippen LogP contribution in [0.5, 0.6) is 0 Å². The second-order valence-corrected chi connectivity index (χ2v) is 5.50. The first kappa shape index (κ1) is 13.5. The molecule has 1 amide bonds. The van der Waals surface area contributed by atoms with Gasteiger partial charge in [-0.2, -0.15) is 5.10 Å². The van der Waals surface area contributed by atoms with Gasteiger partial charge in [-0.05, 0) is 12.5 Å².